The number of thiophene rings is 1. The highest BCUT2D eigenvalue weighted by atomic mass is 32.2. The van der Waals surface area contributed by atoms with E-state index >= 15 is 0 Å². The molecule has 1 aliphatic rings. The van der Waals surface area contributed by atoms with Crippen molar-refractivity contribution in [3.63, 3.8) is 0 Å². The molecule has 4 nitrogen and oxygen atoms in total. The van der Waals surface area contributed by atoms with Gasteiger partial charge in [0.05, 0.1) is 0 Å². The molecule has 0 fully saturated rings. The molecule has 4 rings (SSSR count). The van der Waals surface area contributed by atoms with Gasteiger partial charge in [0, 0.05) is 10.3 Å². The van der Waals surface area contributed by atoms with Crippen molar-refractivity contribution in [3.8, 4) is 0 Å². The number of aryl methyl sites for hydroxylation is 4. The van der Waals surface area contributed by atoms with Crippen LogP contribution in [0.3, 0.4) is 0 Å². The van der Waals surface area contributed by atoms with Gasteiger partial charge < -0.3 is 5.11 Å². The first-order valence-electron chi connectivity index (χ1n) is 10.1. The van der Waals surface area contributed by atoms with Crippen LogP contribution in [0.5, 0.6) is 0 Å². The molecular weight excluding hydrogens is 400 g/mol. The minimum absolute atomic E-state index is 0.521. The maximum absolute atomic E-state index is 12.0. The predicted molar refractivity (Wildman–Crippen MR) is 120 cm³/mol. The predicted octanol–water partition coefficient (Wildman–Crippen LogP) is 5.61. The molecule has 29 heavy (non-hydrogen) atoms. The van der Waals surface area contributed by atoms with Crippen molar-refractivity contribution in [3.05, 3.63) is 51.7 Å². The molecule has 0 amide bonds. The Labute approximate surface area is 179 Å². The van der Waals surface area contributed by atoms with Crippen molar-refractivity contribution in [1.82, 2.24) is 9.97 Å². The van der Waals surface area contributed by atoms with Crippen LogP contribution < -0.4 is 0 Å². The van der Waals surface area contributed by atoms with Gasteiger partial charge in [0.25, 0.3) is 0 Å². The van der Waals surface area contributed by atoms with E-state index in [1.165, 1.54) is 39.8 Å². The lowest BCUT2D eigenvalue weighted by Crippen LogP contribution is -2.18. The van der Waals surface area contributed by atoms with Crippen LogP contribution in [0.1, 0.15) is 47.2 Å². The number of hydrogen-bond acceptors (Lipinski definition) is 5. The summed E-state index contributed by atoms with van der Waals surface area (Å²) in [6.07, 6.45) is 4.63. The van der Waals surface area contributed by atoms with Crippen molar-refractivity contribution >= 4 is 39.3 Å². The van der Waals surface area contributed by atoms with Crippen molar-refractivity contribution in [2.75, 3.05) is 0 Å². The largest absolute Gasteiger partial charge is 0.480 e. The van der Waals surface area contributed by atoms with Crippen LogP contribution >= 0.6 is 23.1 Å². The Hall–Kier alpha value is -1.92. The van der Waals surface area contributed by atoms with Crippen LogP contribution in [0.2, 0.25) is 0 Å². The molecule has 0 saturated heterocycles. The van der Waals surface area contributed by atoms with Gasteiger partial charge in [-0.15, -0.1) is 11.3 Å². The van der Waals surface area contributed by atoms with Gasteiger partial charge in [-0.3, -0.25) is 4.79 Å². The lowest BCUT2D eigenvalue weighted by molar-refractivity contribution is -0.136. The average molecular weight is 427 g/mol. The molecule has 0 aliphatic heterocycles. The summed E-state index contributed by atoms with van der Waals surface area (Å²) in [6, 6.07) is 8.33. The van der Waals surface area contributed by atoms with E-state index in [1.807, 2.05) is 6.92 Å². The molecule has 0 saturated carbocycles. The highest BCUT2D eigenvalue weighted by molar-refractivity contribution is 8.00. The summed E-state index contributed by atoms with van der Waals surface area (Å²) in [4.78, 5) is 23.8. The SMILES string of the molecule is Cc1ccc(CCC(Sc2nc(C)nc3sc4c(c23)CCC(C)C4)C(=O)O)cc1. The normalized spacial score (nSPS) is 17.3. The Balaban J connectivity index is 1.62. The fourth-order valence-electron chi connectivity index (χ4n) is 3.92. The van der Waals surface area contributed by atoms with Crippen molar-refractivity contribution in [2.24, 2.45) is 5.92 Å². The number of thioether (sulfide) groups is 1. The van der Waals surface area contributed by atoms with Gasteiger partial charge in [0.15, 0.2) is 0 Å². The van der Waals surface area contributed by atoms with Crippen LogP contribution in [0, 0.1) is 19.8 Å². The van der Waals surface area contributed by atoms with E-state index in [4.69, 9.17) is 0 Å². The third-order valence-corrected chi connectivity index (χ3v) is 7.97. The number of aliphatic carboxylic acids is 1. The molecule has 2 unspecified atom stereocenters. The van der Waals surface area contributed by atoms with E-state index in [2.05, 4.69) is 48.1 Å². The summed E-state index contributed by atoms with van der Waals surface area (Å²) >= 11 is 3.16. The van der Waals surface area contributed by atoms with Crippen LogP contribution in [-0.2, 0) is 24.1 Å². The Kier molecular flexibility index (Phi) is 5.93. The third-order valence-electron chi connectivity index (χ3n) is 5.58. The molecule has 2 aromatic heterocycles. The highest BCUT2D eigenvalue weighted by Crippen LogP contribution is 2.42. The topological polar surface area (TPSA) is 63.1 Å². The van der Waals surface area contributed by atoms with Gasteiger partial charge >= 0.3 is 5.97 Å². The van der Waals surface area contributed by atoms with Crippen LogP contribution in [-0.4, -0.2) is 26.3 Å². The summed E-state index contributed by atoms with van der Waals surface area (Å²) in [5.74, 6) is 0.639. The summed E-state index contributed by atoms with van der Waals surface area (Å²) in [6.45, 7) is 6.25. The van der Waals surface area contributed by atoms with Gasteiger partial charge in [-0.05, 0) is 63.0 Å². The molecule has 1 aromatic carbocycles. The van der Waals surface area contributed by atoms with Gasteiger partial charge in [-0.2, -0.15) is 0 Å². The number of benzene rings is 1. The number of carboxylic acid groups (broad SMARTS) is 1. The second-order valence-corrected chi connectivity index (χ2v) is 10.4. The Morgan fingerprint density at radius 2 is 2.03 bits per heavy atom. The number of carboxylic acids is 1. The van der Waals surface area contributed by atoms with Crippen LogP contribution in [0.25, 0.3) is 10.2 Å². The third kappa shape index (κ3) is 4.48. The Bertz CT molecular complexity index is 1040. The molecule has 152 valence electrons. The van der Waals surface area contributed by atoms with Crippen molar-refractivity contribution in [2.45, 2.75) is 63.2 Å². The lowest BCUT2D eigenvalue weighted by atomic mass is 9.89. The molecule has 1 N–H and O–H groups in total. The average Bonchev–Trinajstić information content (AvgIpc) is 3.03. The number of fused-ring (bicyclic) bond motifs is 3. The van der Waals surface area contributed by atoms with Gasteiger partial charge in [0.2, 0.25) is 0 Å². The van der Waals surface area contributed by atoms with E-state index < -0.39 is 11.2 Å². The first-order chi connectivity index (χ1) is 13.9. The lowest BCUT2D eigenvalue weighted by Gasteiger charge is -2.18. The summed E-state index contributed by atoms with van der Waals surface area (Å²) in [5.41, 5.74) is 3.75. The fourth-order valence-corrected chi connectivity index (χ4v) is 6.54. The standard InChI is InChI=1S/C23H26N2O2S2/c1-13-4-7-16(8-5-13)9-11-18(23(26)27)28-21-20-17-10-6-14(2)12-19(17)29-22(20)25-15(3)24-21/h4-5,7-8,14,18H,6,9-12H2,1-3H3,(H,26,27). The number of hydrogen-bond donors (Lipinski definition) is 1. The van der Waals surface area contributed by atoms with E-state index in [1.54, 1.807) is 11.3 Å². The molecule has 0 spiro atoms. The van der Waals surface area contributed by atoms with E-state index in [0.717, 1.165) is 34.5 Å². The van der Waals surface area contributed by atoms with E-state index in [-0.39, 0.29) is 0 Å². The zero-order valence-electron chi connectivity index (χ0n) is 17.1. The van der Waals surface area contributed by atoms with E-state index in [9.17, 15) is 9.90 Å². The number of nitrogens with zero attached hydrogens (tertiary/aromatic N) is 2. The van der Waals surface area contributed by atoms with Gasteiger partial charge in [0.1, 0.15) is 20.9 Å². The van der Waals surface area contributed by atoms with Crippen LogP contribution in [0.4, 0.5) is 0 Å². The highest BCUT2D eigenvalue weighted by Gasteiger charge is 2.27. The van der Waals surface area contributed by atoms with E-state index in [0.29, 0.717) is 18.2 Å². The van der Waals surface area contributed by atoms with Gasteiger partial charge in [-0.25, -0.2) is 9.97 Å². The quantitative estimate of drug-likeness (QED) is 0.410. The monoisotopic (exact) mass is 426 g/mol. The van der Waals surface area contributed by atoms with Crippen molar-refractivity contribution in [1.29, 1.82) is 0 Å². The van der Waals surface area contributed by atoms with Crippen LogP contribution in [0.15, 0.2) is 29.3 Å². The maximum Gasteiger partial charge on any atom is 0.317 e. The molecule has 0 bridgehead atoms. The zero-order valence-corrected chi connectivity index (χ0v) is 18.7. The zero-order chi connectivity index (χ0) is 20.5. The molecule has 2 atom stereocenters. The molecule has 2 heterocycles. The minimum atomic E-state index is -0.774. The van der Waals surface area contributed by atoms with Gasteiger partial charge in [-0.1, -0.05) is 48.5 Å². The maximum atomic E-state index is 12.0. The molecule has 6 heteroatoms. The number of aromatic nitrogens is 2. The number of rotatable bonds is 6. The molecule has 3 aromatic rings. The smallest absolute Gasteiger partial charge is 0.317 e. The Morgan fingerprint density at radius 3 is 2.76 bits per heavy atom. The fraction of sp³-hybridized carbons (Fsp3) is 0.435. The summed E-state index contributed by atoms with van der Waals surface area (Å²) < 4.78 is 0. The Morgan fingerprint density at radius 1 is 1.28 bits per heavy atom. The second kappa shape index (κ2) is 8.44. The molecule has 1 aliphatic carbocycles. The molecule has 0 radical (unpaired) electrons. The molecular formula is C23H26N2O2S2. The summed E-state index contributed by atoms with van der Waals surface area (Å²) in [5, 5.41) is 11.3. The first kappa shape index (κ1) is 20.4. The van der Waals surface area contributed by atoms with Crippen molar-refractivity contribution < 1.29 is 9.90 Å². The minimum Gasteiger partial charge on any atom is -0.480 e. The second-order valence-electron chi connectivity index (χ2n) is 8.08. The number of carbonyl (C=O) groups is 1. The first-order valence-corrected chi connectivity index (χ1v) is 11.8. The summed E-state index contributed by atoms with van der Waals surface area (Å²) in [7, 11) is 0.